The number of hydrogen-bond donors (Lipinski definition) is 0. The molecule has 0 aliphatic heterocycles. The fraction of sp³-hybridized carbons (Fsp3) is 0. The molecule has 5 heteroatoms. The molecular weight excluding hydrogens is 1020 g/mol. The maximum atomic E-state index is 15.0. The van der Waals surface area contributed by atoms with Crippen molar-refractivity contribution in [2.24, 2.45) is 0 Å². The van der Waals surface area contributed by atoms with E-state index in [0.29, 0.717) is 0 Å². The molecule has 2 heterocycles. The minimum atomic E-state index is -3.11. The van der Waals surface area contributed by atoms with Crippen LogP contribution in [0.25, 0.3) is 109 Å². The third-order valence-corrected chi connectivity index (χ3v) is 21.4. The van der Waals surface area contributed by atoms with Gasteiger partial charge in [-0.25, -0.2) is 0 Å². The Bertz CT molecular complexity index is 5000. The van der Waals surface area contributed by atoms with E-state index in [9.17, 15) is 0 Å². The summed E-state index contributed by atoms with van der Waals surface area (Å²) in [5.41, 5.74) is 8.22. The minimum absolute atomic E-state index is 0.692. The average molecular weight is 1070 g/mol. The number of hydrogen-bond acceptors (Lipinski definition) is 3. The fourth-order valence-electron chi connectivity index (χ4n) is 12.1. The van der Waals surface area contributed by atoms with Crippen molar-refractivity contribution in [3.05, 3.63) is 303 Å². The van der Waals surface area contributed by atoms with E-state index >= 15 is 4.57 Å². The van der Waals surface area contributed by atoms with Gasteiger partial charge in [-0.15, -0.1) is 0 Å². The number of furan rings is 2. The molecule has 0 amide bonds. The Morgan fingerprint density at radius 3 is 1.07 bits per heavy atom. The lowest BCUT2D eigenvalue weighted by molar-refractivity contribution is 0.592. The van der Waals surface area contributed by atoms with Crippen LogP contribution in [0, 0.1) is 0 Å². The smallest absolute Gasteiger partial charge is 0.171 e. The van der Waals surface area contributed by atoms with Crippen LogP contribution in [0.1, 0.15) is 0 Å². The summed E-state index contributed by atoms with van der Waals surface area (Å²) in [5.74, 6) is 0. The van der Waals surface area contributed by atoms with Crippen LogP contribution in [-0.2, 0) is 4.57 Å². The van der Waals surface area contributed by atoms with Crippen molar-refractivity contribution >= 4 is 134 Å². The molecule has 0 fully saturated rings. The molecule has 0 aliphatic carbocycles. The second-order valence-electron chi connectivity index (χ2n) is 20.7. The first-order valence-electron chi connectivity index (χ1n) is 27.4. The van der Waals surface area contributed by atoms with Crippen LogP contribution in [0.4, 0.5) is 0 Å². The van der Waals surface area contributed by atoms with E-state index in [1.807, 2.05) is 72.8 Å². The van der Waals surface area contributed by atoms with E-state index in [1.165, 1.54) is 81.1 Å². The fourth-order valence-corrected chi connectivity index (χ4v) is 17.1. The third kappa shape index (κ3) is 8.53. The SMILES string of the molecule is O=P(c1ccccc1)(c1ccccc1)c1ccc2oc3ccc(-c4cc5ccccc5c5ccccc45)cc3c2c1.c1ccc(P(c2ccccc2)c2ccc3oc4ccc(-c5cc6ccccc6c6ccccc56)cc4c3c2)cc1. The van der Waals surface area contributed by atoms with Crippen LogP contribution in [0.3, 0.4) is 0 Å². The van der Waals surface area contributed by atoms with Crippen LogP contribution < -0.4 is 31.8 Å². The Kier molecular flexibility index (Phi) is 12.1. The number of benzene rings is 14. The summed E-state index contributed by atoms with van der Waals surface area (Å²) in [6.07, 6.45) is 0. The van der Waals surface area contributed by atoms with Crippen molar-refractivity contribution in [3.63, 3.8) is 0 Å². The first kappa shape index (κ1) is 48.5. The van der Waals surface area contributed by atoms with Crippen LogP contribution in [-0.4, -0.2) is 0 Å². The summed E-state index contributed by atoms with van der Waals surface area (Å²) in [5, 5.41) is 20.8. The van der Waals surface area contributed by atoms with Gasteiger partial charge in [-0.2, -0.15) is 0 Å². The van der Waals surface area contributed by atoms with E-state index in [0.717, 1.165) is 60.0 Å². The second kappa shape index (κ2) is 20.2. The monoisotopic (exact) mass is 1070 g/mol. The molecule has 14 aromatic carbocycles. The van der Waals surface area contributed by atoms with Crippen molar-refractivity contribution < 1.29 is 13.4 Å². The highest BCUT2D eigenvalue weighted by atomic mass is 31.2. The van der Waals surface area contributed by atoms with Crippen LogP contribution >= 0.6 is 15.1 Å². The highest BCUT2D eigenvalue weighted by Gasteiger charge is 2.30. The van der Waals surface area contributed by atoms with Gasteiger partial charge in [-0.3, -0.25) is 0 Å². The highest BCUT2D eigenvalue weighted by molar-refractivity contribution is 7.85. The standard InChI is InChI=1S/C38H25O2P.C38H25OP/c39-41(28-12-3-1-4-13-28,29-14-5-2-6-15-29)30-20-22-38-36(25-30)35-24-27(19-21-37(35)40-38)34-23-26-11-7-8-16-31(26)32-17-9-10-18-33(32)34;1-3-12-28(13-4-1)40(29-14-5-2-6-15-29)30-20-22-38-36(25-30)35-24-27(19-21-37(35)39-38)34-23-26-11-7-8-16-31(26)32-17-9-10-18-33(32)34/h1-25H;1-25H. The molecule has 382 valence electrons. The van der Waals surface area contributed by atoms with Crippen molar-refractivity contribution in [3.8, 4) is 22.3 Å². The summed E-state index contributed by atoms with van der Waals surface area (Å²) < 4.78 is 27.7. The van der Waals surface area contributed by atoms with Gasteiger partial charge in [0.2, 0.25) is 0 Å². The first-order valence-corrected chi connectivity index (χ1v) is 30.4. The van der Waals surface area contributed by atoms with Gasteiger partial charge in [0, 0.05) is 37.5 Å². The molecule has 0 radical (unpaired) electrons. The van der Waals surface area contributed by atoms with Crippen LogP contribution in [0.15, 0.2) is 312 Å². The Morgan fingerprint density at radius 1 is 0.247 bits per heavy atom. The molecule has 0 bridgehead atoms. The maximum absolute atomic E-state index is 15.0. The predicted molar refractivity (Wildman–Crippen MR) is 346 cm³/mol. The van der Waals surface area contributed by atoms with Gasteiger partial charge in [0.15, 0.2) is 7.14 Å². The molecule has 0 atom stereocenters. The number of fused-ring (bicyclic) bond motifs is 12. The molecule has 2 aromatic heterocycles. The molecule has 0 N–H and O–H groups in total. The summed E-state index contributed by atoms with van der Waals surface area (Å²) in [6, 6.07) is 106. The van der Waals surface area contributed by atoms with Crippen LogP contribution in [0.5, 0.6) is 0 Å². The Morgan fingerprint density at radius 2 is 0.605 bits per heavy atom. The van der Waals surface area contributed by atoms with Gasteiger partial charge >= 0.3 is 0 Å². The summed E-state index contributed by atoms with van der Waals surface area (Å²) in [7, 11) is -3.80. The quantitative estimate of drug-likeness (QED) is 0.112. The van der Waals surface area contributed by atoms with Gasteiger partial charge in [-0.05, 0) is 156 Å². The largest absolute Gasteiger partial charge is 0.456 e. The van der Waals surface area contributed by atoms with E-state index in [2.05, 4.69) is 231 Å². The molecule has 0 saturated heterocycles. The predicted octanol–water partition coefficient (Wildman–Crippen LogP) is 18.5. The van der Waals surface area contributed by atoms with E-state index in [1.54, 1.807) is 0 Å². The lowest BCUT2D eigenvalue weighted by Crippen LogP contribution is -2.24. The normalized spacial score (nSPS) is 11.9. The van der Waals surface area contributed by atoms with Gasteiger partial charge in [0.1, 0.15) is 22.3 Å². The summed E-state index contributed by atoms with van der Waals surface area (Å²) >= 11 is 0. The molecule has 81 heavy (non-hydrogen) atoms. The van der Waals surface area contributed by atoms with Gasteiger partial charge < -0.3 is 13.4 Å². The maximum Gasteiger partial charge on any atom is 0.171 e. The summed E-state index contributed by atoms with van der Waals surface area (Å²) in [6.45, 7) is 0. The lowest BCUT2D eigenvalue weighted by atomic mass is 9.93. The van der Waals surface area contributed by atoms with E-state index in [-0.39, 0.29) is 0 Å². The molecule has 0 spiro atoms. The Labute approximate surface area is 470 Å². The van der Waals surface area contributed by atoms with Gasteiger partial charge in [0.25, 0.3) is 0 Å². The van der Waals surface area contributed by atoms with Crippen molar-refractivity contribution in [2.75, 3.05) is 0 Å². The molecule has 0 saturated carbocycles. The molecule has 0 unspecified atom stereocenters. The molecule has 0 aliphatic rings. The second-order valence-corrected chi connectivity index (χ2v) is 25.6. The van der Waals surface area contributed by atoms with Crippen molar-refractivity contribution in [1.29, 1.82) is 0 Å². The third-order valence-electron chi connectivity index (χ3n) is 16.0. The average Bonchev–Trinajstić information content (AvgIpc) is 4.34. The van der Waals surface area contributed by atoms with E-state index in [4.69, 9.17) is 8.83 Å². The topological polar surface area (TPSA) is 43.4 Å². The van der Waals surface area contributed by atoms with Gasteiger partial charge in [0.05, 0.1) is 0 Å². The first-order chi connectivity index (χ1) is 40.0. The number of rotatable bonds is 8. The Balaban J connectivity index is 0.000000139. The zero-order valence-corrected chi connectivity index (χ0v) is 45.8. The lowest BCUT2D eigenvalue weighted by Gasteiger charge is -2.20. The minimum Gasteiger partial charge on any atom is -0.456 e. The molecule has 16 aromatic rings. The summed E-state index contributed by atoms with van der Waals surface area (Å²) in [4.78, 5) is 0. The van der Waals surface area contributed by atoms with E-state index < -0.39 is 15.1 Å². The van der Waals surface area contributed by atoms with Crippen LogP contribution in [0.2, 0.25) is 0 Å². The molecule has 3 nitrogen and oxygen atoms in total. The van der Waals surface area contributed by atoms with Gasteiger partial charge in [-0.1, -0.05) is 237 Å². The van der Waals surface area contributed by atoms with Crippen molar-refractivity contribution in [2.45, 2.75) is 0 Å². The zero-order chi connectivity index (χ0) is 53.9. The highest BCUT2D eigenvalue weighted by Crippen LogP contribution is 2.45. The van der Waals surface area contributed by atoms with Crippen molar-refractivity contribution in [1.82, 2.24) is 0 Å². The zero-order valence-electron chi connectivity index (χ0n) is 44.0. The molecule has 16 rings (SSSR count). The molecular formula is C76H50O3P2. The Hall–Kier alpha value is -9.62.